The van der Waals surface area contributed by atoms with Crippen LogP contribution in [0.25, 0.3) is 0 Å². The highest BCUT2D eigenvalue weighted by molar-refractivity contribution is 5.69. The van der Waals surface area contributed by atoms with Crippen molar-refractivity contribution < 1.29 is 24.5 Å². The predicted octanol–water partition coefficient (Wildman–Crippen LogP) is 4.54. The van der Waals surface area contributed by atoms with E-state index in [1.165, 1.54) is 26.4 Å². The summed E-state index contributed by atoms with van der Waals surface area (Å²) in [6.07, 6.45) is 9.62. The number of fused-ring (bicyclic) bond motifs is 5. The van der Waals surface area contributed by atoms with Gasteiger partial charge in [-0.05, 0) is 104 Å². The molecule has 5 nitrogen and oxygen atoms in total. The average Bonchev–Trinajstić information content (AvgIpc) is 3.10. The van der Waals surface area contributed by atoms with Crippen molar-refractivity contribution in [1.82, 2.24) is 0 Å². The van der Waals surface area contributed by atoms with Crippen LogP contribution >= 0.6 is 0 Å². The fourth-order valence-corrected chi connectivity index (χ4v) is 8.90. The highest BCUT2D eigenvalue weighted by Crippen LogP contribution is 2.68. The van der Waals surface area contributed by atoms with E-state index in [4.69, 9.17) is 9.47 Å². The van der Waals surface area contributed by atoms with Crippen LogP contribution in [0.4, 0.5) is 0 Å². The van der Waals surface area contributed by atoms with Crippen LogP contribution < -0.4 is 0 Å². The third-order valence-electron chi connectivity index (χ3n) is 10.6. The van der Waals surface area contributed by atoms with E-state index in [1.54, 1.807) is 0 Å². The molecule has 0 aromatic heterocycles. The molecule has 4 fully saturated rings. The molecule has 0 aromatic carbocycles. The van der Waals surface area contributed by atoms with Crippen LogP contribution in [-0.4, -0.2) is 42.3 Å². The first-order valence-corrected chi connectivity index (χ1v) is 12.7. The molecule has 1 unspecified atom stereocenters. The number of hydrogen-bond acceptors (Lipinski definition) is 5. The zero-order chi connectivity index (χ0) is 22.4. The molecule has 4 aliphatic rings. The minimum absolute atomic E-state index is 0.0228. The summed E-state index contributed by atoms with van der Waals surface area (Å²) in [6, 6.07) is 0. The standard InChI is InChI=1S/C26H44O5/c1-16(5-10-24(29)31-15-30-4)20-8-9-21-19-7-6-17-13-18(27)11-12-25(17,2)22(19)14-23(28)26(20,21)3/h16-23,27-28H,5-15H2,1-4H3/t16-,17-,18-,19+,20-,21?,22+,23+,25+,26-/m1/s1. The quantitative estimate of drug-likeness (QED) is 0.472. The van der Waals surface area contributed by atoms with Gasteiger partial charge in [0.15, 0.2) is 6.79 Å². The Morgan fingerprint density at radius 3 is 2.58 bits per heavy atom. The van der Waals surface area contributed by atoms with Crippen molar-refractivity contribution in [1.29, 1.82) is 0 Å². The third-order valence-corrected chi connectivity index (χ3v) is 10.6. The van der Waals surface area contributed by atoms with Crippen molar-refractivity contribution >= 4 is 5.97 Å². The second-order valence-electron chi connectivity index (χ2n) is 11.8. The molecule has 4 saturated carbocycles. The average molecular weight is 437 g/mol. The lowest BCUT2D eigenvalue weighted by Crippen LogP contribution is -2.58. The van der Waals surface area contributed by atoms with Crippen LogP contribution in [0.2, 0.25) is 0 Å². The molecule has 0 spiro atoms. The zero-order valence-corrected chi connectivity index (χ0v) is 20.0. The van der Waals surface area contributed by atoms with Crippen molar-refractivity contribution in [3.8, 4) is 0 Å². The Kier molecular flexibility index (Phi) is 6.78. The van der Waals surface area contributed by atoms with Crippen molar-refractivity contribution in [2.75, 3.05) is 13.9 Å². The molecule has 0 amide bonds. The Bertz CT molecular complexity index is 652. The molecule has 5 heteroatoms. The molecule has 31 heavy (non-hydrogen) atoms. The maximum Gasteiger partial charge on any atom is 0.307 e. The molecule has 0 heterocycles. The van der Waals surface area contributed by atoms with E-state index in [0.717, 1.165) is 38.5 Å². The first kappa shape index (κ1) is 23.5. The van der Waals surface area contributed by atoms with Gasteiger partial charge in [-0.3, -0.25) is 4.79 Å². The molecule has 4 aliphatic carbocycles. The summed E-state index contributed by atoms with van der Waals surface area (Å²) in [6.45, 7) is 7.11. The number of rotatable bonds is 6. The maximum absolute atomic E-state index is 12.0. The Morgan fingerprint density at radius 2 is 1.84 bits per heavy atom. The second kappa shape index (κ2) is 8.95. The normalized spacial score (nSPS) is 47.7. The monoisotopic (exact) mass is 436 g/mol. The molecule has 4 rings (SSSR count). The number of esters is 1. The number of carbonyl (C=O) groups is 1. The van der Waals surface area contributed by atoms with E-state index in [0.29, 0.717) is 41.9 Å². The second-order valence-corrected chi connectivity index (χ2v) is 11.8. The maximum atomic E-state index is 12.0. The van der Waals surface area contributed by atoms with Gasteiger partial charge in [-0.25, -0.2) is 0 Å². The van der Waals surface area contributed by atoms with Crippen LogP contribution in [0, 0.1) is 46.3 Å². The molecule has 2 N–H and O–H groups in total. The summed E-state index contributed by atoms with van der Waals surface area (Å²) < 4.78 is 9.90. The van der Waals surface area contributed by atoms with Crippen LogP contribution in [0.15, 0.2) is 0 Å². The molecule has 0 aromatic rings. The minimum atomic E-state index is -0.267. The fraction of sp³-hybridized carbons (Fsp3) is 0.962. The molecule has 178 valence electrons. The van der Waals surface area contributed by atoms with E-state index in [-0.39, 0.29) is 35.8 Å². The third kappa shape index (κ3) is 3.97. The van der Waals surface area contributed by atoms with Gasteiger partial charge in [0.1, 0.15) is 0 Å². The van der Waals surface area contributed by atoms with E-state index in [9.17, 15) is 15.0 Å². The minimum Gasteiger partial charge on any atom is -0.438 e. The van der Waals surface area contributed by atoms with Gasteiger partial charge >= 0.3 is 5.97 Å². The summed E-state index contributed by atoms with van der Waals surface area (Å²) in [5.74, 6) is 3.15. The predicted molar refractivity (Wildman–Crippen MR) is 119 cm³/mol. The van der Waals surface area contributed by atoms with E-state index in [2.05, 4.69) is 20.8 Å². The summed E-state index contributed by atoms with van der Waals surface area (Å²) in [4.78, 5) is 12.0. The Balaban J connectivity index is 1.47. The summed E-state index contributed by atoms with van der Waals surface area (Å²) >= 11 is 0. The molecular formula is C26H44O5. The molecular weight excluding hydrogens is 392 g/mol. The topological polar surface area (TPSA) is 76.0 Å². The van der Waals surface area contributed by atoms with E-state index < -0.39 is 0 Å². The van der Waals surface area contributed by atoms with Gasteiger partial charge in [-0.15, -0.1) is 0 Å². The first-order valence-electron chi connectivity index (χ1n) is 12.7. The molecule has 0 bridgehead atoms. The Morgan fingerprint density at radius 1 is 1.06 bits per heavy atom. The molecule has 0 radical (unpaired) electrons. The molecule has 0 saturated heterocycles. The van der Waals surface area contributed by atoms with Crippen LogP contribution in [0.1, 0.15) is 85.0 Å². The van der Waals surface area contributed by atoms with Crippen LogP contribution in [0.3, 0.4) is 0 Å². The van der Waals surface area contributed by atoms with E-state index in [1.807, 2.05) is 0 Å². The summed E-state index contributed by atoms with van der Waals surface area (Å²) in [5.41, 5.74) is 0.230. The summed E-state index contributed by atoms with van der Waals surface area (Å²) in [7, 11) is 1.52. The lowest BCUT2D eigenvalue weighted by atomic mass is 9.43. The largest absolute Gasteiger partial charge is 0.438 e. The summed E-state index contributed by atoms with van der Waals surface area (Å²) in [5, 5.41) is 21.8. The fourth-order valence-electron chi connectivity index (χ4n) is 8.90. The number of hydrogen-bond donors (Lipinski definition) is 2. The zero-order valence-electron chi connectivity index (χ0n) is 20.0. The molecule has 0 aliphatic heterocycles. The molecule has 10 atom stereocenters. The number of aliphatic hydroxyl groups is 2. The van der Waals surface area contributed by atoms with Crippen molar-refractivity contribution in [3.63, 3.8) is 0 Å². The SMILES string of the molecule is COCOC(=O)CC[C@@H](C)[C@H]1CCC2[C@@H]3CC[C@@H]4C[C@H](O)CC[C@]4(C)[C@H]3C[C@H](O)[C@@]21C. The smallest absolute Gasteiger partial charge is 0.307 e. The van der Waals surface area contributed by atoms with E-state index >= 15 is 0 Å². The van der Waals surface area contributed by atoms with Gasteiger partial charge in [0, 0.05) is 13.5 Å². The van der Waals surface area contributed by atoms with Crippen LogP contribution in [-0.2, 0) is 14.3 Å². The highest BCUT2D eigenvalue weighted by atomic mass is 16.7. The number of ether oxygens (including phenoxy) is 2. The number of aliphatic hydroxyl groups excluding tert-OH is 2. The van der Waals surface area contributed by atoms with Gasteiger partial charge in [0.25, 0.3) is 0 Å². The number of carbonyl (C=O) groups excluding carboxylic acids is 1. The van der Waals surface area contributed by atoms with Crippen LogP contribution in [0.5, 0.6) is 0 Å². The van der Waals surface area contributed by atoms with Gasteiger partial charge in [0.2, 0.25) is 0 Å². The lowest BCUT2D eigenvalue weighted by molar-refractivity contribution is -0.175. The van der Waals surface area contributed by atoms with Gasteiger partial charge in [-0.2, -0.15) is 0 Å². The van der Waals surface area contributed by atoms with Crippen molar-refractivity contribution in [3.05, 3.63) is 0 Å². The number of methoxy groups -OCH3 is 1. The Labute approximate surface area is 188 Å². The highest BCUT2D eigenvalue weighted by Gasteiger charge is 2.63. The Hall–Kier alpha value is -0.650. The first-order chi connectivity index (χ1) is 14.7. The van der Waals surface area contributed by atoms with Gasteiger partial charge in [-0.1, -0.05) is 20.8 Å². The van der Waals surface area contributed by atoms with Gasteiger partial charge < -0.3 is 19.7 Å². The lowest BCUT2D eigenvalue weighted by Gasteiger charge is -2.62. The van der Waals surface area contributed by atoms with Crippen molar-refractivity contribution in [2.45, 2.75) is 97.2 Å². The van der Waals surface area contributed by atoms with Crippen molar-refractivity contribution in [2.24, 2.45) is 46.3 Å². The van der Waals surface area contributed by atoms with Gasteiger partial charge in [0.05, 0.1) is 12.2 Å².